The van der Waals surface area contributed by atoms with Gasteiger partial charge >= 0.3 is 0 Å². The first-order chi connectivity index (χ1) is 6.67. The lowest BCUT2D eigenvalue weighted by Gasteiger charge is -2.06. The van der Waals surface area contributed by atoms with Crippen molar-refractivity contribution >= 4 is 11.6 Å². The van der Waals surface area contributed by atoms with Crippen LogP contribution in [-0.2, 0) is 4.79 Å². The Kier molecular flexibility index (Phi) is 3.45. The number of halogens is 1. The van der Waals surface area contributed by atoms with Gasteiger partial charge in [0, 0.05) is 12.5 Å². The molecule has 0 aliphatic carbocycles. The summed E-state index contributed by atoms with van der Waals surface area (Å²) < 4.78 is 18.1. The normalized spacial score (nSPS) is 9.64. The van der Waals surface area contributed by atoms with Gasteiger partial charge in [0.05, 0.1) is 12.8 Å². The van der Waals surface area contributed by atoms with E-state index in [0.717, 1.165) is 0 Å². The van der Waals surface area contributed by atoms with E-state index in [1.807, 2.05) is 0 Å². The Hall–Kier alpha value is -1.58. The highest BCUT2D eigenvalue weighted by molar-refractivity contribution is 5.90. The predicted molar refractivity (Wildman–Crippen MR) is 51.9 cm³/mol. The number of rotatable bonds is 3. The minimum atomic E-state index is -0.494. The summed E-state index contributed by atoms with van der Waals surface area (Å²) in [6, 6.07) is 4.29. The molecule has 4 heteroatoms. The van der Waals surface area contributed by atoms with Crippen molar-refractivity contribution in [3.05, 3.63) is 24.0 Å². The molecule has 0 saturated carbocycles. The molecule has 1 rings (SSSR count). The van der Waals surface area contributed by atoms with Crippen molar-refractivity contribution in [1.29, 1.82) is 0 Å². The smallest absolute Gasteiger partial charge is 0.224 e. The van der Waals surface area contributed by atoms with Gasteiger partial charge in [0.15, 0.2) is 0 Å². The number of hydrogen-bond acceptors (Lipinski definition) is 2. The van der Waals surface area contributed by atoms with Crippen molar-refractivity contribution in [1.82, 2.24) is 0 Å². The Bertz CT molecular complexity index is 339. The van der Waals surface area contributed by atoms with Crippen molar-refractivity contribution in [2.45, 2.75) is 13.3 Å². The van der Waals surface area contributed by atoms with E-state index in [1.165, 1.54) is 19.2 Å². The van der Waals surface area contributed by atoms with Crippen LogP contribution in [0.4, 0.5) is 10.1 Å². The van der Waals surface area contributed by atoms with Gasteiger partial charge < -0.3 is 10.1 Å². The summed E-state index contributed by atoms with van der Waals surface area (Å²) in [6.45, 7) is 1.71. The van der Waals surface area contributed by atoms with Gasteiger partial charge in [0.2, 0.25) is 5.91 Å². The van der Waals surface area contributed by atoms with Crippen LogP contribution >= 0.6 is 0 Å². The summed E-state index contributed by atoms with van der Waals surface area (Å²) in [7, 11) is 1.46. The van der Waals surface area contributed by atoms with Crippen molar-refractivity contribution in [3.63, 3.8) is 0 Å². The Morgan fingerprint density at radius 2 is 2.29 bits per heavy atom. The second-order valence-electron chi connectivity index (χ2n) is 2.75. The van der Waals surface area contributed by atoms with Crippen LogP contribution in [0.1, 0.15) is 13.3 Å². The Morgan fingerprint density at radius 1 is 1.57 bits per heavy atom. The van der Waals surface area contributed by atoms with Gasteiger partial charge in [-0.05, 0) is 12.1 Å². The molecule has 76 valence electrons. The zero-order valence-electron chi connectivity index (χ0n) is 8.13. The molecule has 0 atom stereocenters. The van der Waals surface area contributed by atoms with Gasteiger partial charge in [-0.3, -0.25) is 4.79 Å². The predicted octanol–water partition coefficient (Wildman–Crippen LogP) is 2.18. The first-order valence-corrected chi connectivity index (χ1v) is 4.30. The maximum atomic E-state index is 13.2. The highest BCUT2D eigenvalue weighted by Crippen LogP contribution is 2.20. The molecule has 1 N–H and O–H groups in total. The third-order valence-electron chi connectivity index (χ3n) is 1.77. The Labute approximate surface area is 81.9 Å². The van der Waals surface area contributed by atoms with Gasteiger partial charge in [0.1, 0.15) is 11.6 Å². The van der Waals surface area contributed by atoms with Gasteiger partial charge in [-0.25, -0.2) is 4.39 Å². The van der Waals surface area contributed by atoms with E-state index < -0.39 is 5.82 Å². The second-order valence-corrected chi connectivity index (χ2v) is 2.75. The lowest BCUT2D eigenvalue weighted by molar-refractivity contribution is -0.115. The monoisotopic (exact) mass is 197 g/mol. The van der Waals surface area contributed by atoms with Gasteiger partial charge in [-0.2, -0.15) is 0 Å². The molecule has 14 heavy (non-hydrogen) atoms. The zero-order chi connectivity index (χ0) is 10.6. The van der Waals surface area contributed by atoms with Crippen LogP contribution in [0.15, 0.2) is 18.2 Å². The lowest BCUT2D eigenvalue weighted by Crippen LogP contribution is -2.10. The molecule has 0 aromatic heterocycles. The molecule has 0 heterocycles. The average Bonchev–Trinajstić information content (AvgIpc) is 2.20. The first kappa shape index (κ1) is 10.5. The van der Waals surface area contributed by atoms with E-state index in [4.69, 9.17) is 4.74 Å². The fourth-order valence-electron chi connectivity index (χ4n) is 0.963. The molecular weight excluding hydrogens is 185 g/mol. The van der Waals surface area contributed by atoms with E-state index in [9.17, 15) is 9.18 Å². The number of carbonyl (C=O) groups is 1. The highest BCUT2D eigenvalue weighted by Gasteiger charge is 2.05. The molecule has 3 nitrogen and oxygen atoms in total. The SMILES string of the molecule is CCC(=O)Nc1ccc(OC)cc1F. The largest absolute Gasteiger partial charge is 0.497 e. The fourth-order valence-corrected chi connectivity index (χ4v) is 0.963. The van der Waals surface area contributed by atoms with Crippen LogP contribution in [0.25, 0.3) is 0 Å². The Morgan fingerprint density at radius 3 is 2.79 bits per heavy atom. The minimum Gasteiger partial charge on any atom is -0.497 e. The quantitative estimate of drug-likeness (QED) is 0.806. The number of amides is 1. The molecular formula is C10H12FNO2. The topological polar surface area (TPSA) is 38.3 Å². The van der Waals surface area contributed by atoms with E-state index in [1.54, 1.807) is 13.0 Å². The number of carbonyl (C=O) groups excluding carboxylic acids is 1. The van der Waals surface area contributed by atoms with E-state index in [0.29, 0.717) is 12.2 Å². The van der Waals surface area contributed by atoms with E-state index in [-0.39, 0.29) is 11.6 Å². The number of hydrogen-bond donors (Lipinski definition) is 1. The summed E-state index contributed by atoms with van der Waals surface area (Å²) in [4.78, 5) is 11.0. The maximum Gasteiger partial charge on any atom is 0.224 e. The lowest BCUT2D eigenvalue weighted by atomic mass is 10.3. The molecule has 0 unspecified atom stereocenters. The zero-order valence-corrected chi connectivity index (χ0v) is 8.13. The summed E-state index contributed by atoms with van der Waals surface area (Å²) in [5, 5.41) is 2.44. The van der Waals surface area contributed by atoms with E-state index in [2.05, 4.69) is 5.32 Å². The van der Waals surface area contributed by atoms with Crippen molar-refractivity contribution < 1.29 is 13.9 Å². The fraction of sp³-hybridized carbons (Fsp3) is 0.300. The van der Waals surface area contributed by atoms with Crippen LogP contribution in [-0.4, -0.2) is 13.0 Å². The summed E-state index contributed by atoms with van der Waals surface area (Å²) in [5.74, 6) is -0.280. The van der Waals surface area contributed by atoms with Crippen LogP contribution < -0.4 is 10.1 Å². The third kappa shape index (κ3) is 2.45. The molecule has 0 saturated heterocycles. The number of ether oxygens (including phenoxy) is 1. The van der Waals surface area contributed by atoms with Crippen LogP contribution in [0, 0.1) is 5.82 Å². The van der Waals surface area contributed by atoms with Crippen molar-refractivity contribution in [2.75, 3.05) is 12.4 Å². The van der Waals surface area contributed by atoms with Crippen LogP contribution in [0.5, 0.6) is 5.75 Å². The second kappa shape index (κ2) is 4.60. The molecule has 0 spiro atoms. The maximum absolute atomic E-state index is 13.2. The molecule has 1 amide bonds. The third-order valence-corrected chi connectivity index (χ3v) is 1.77. The molecule has 0 radical (unpaired) electrons. The molecule has 0 aliphatic heterocycles. The minimum absolute atomic E-state index is 0.178. The molecule has 0 bridgehead atoms. The molecule has 0 fully saturated rings. The van der Waals surface area contributed by atoms with E-state index >= 15 is 0 Å². The molecule has 1 aromatic rings. The van der Waals surface area contributed by atoms with Crippen LogP contribution in [0.2, 0.25) is 0 Å². The molecule has 1 aromatic carbocycles. The first-order valence-electron chi connectivity index (χ1n) is 4.30. The number of benzene rings is 1. The van der Waals surface area contributed by atoms with Crippen molar-refractivity contribution in [3.8, 4) is 5.75 Å². The van der Waals surface area contributed by atoms with Crippen molar-refractivity contribution in [2.24, 2.45) is 0 Å². The highest BCUT2D eigenvalue weighted by atomic mass is 19.1. The van der Waals surface area contributed by atoms with Gasteiger partial charge in [0.25, 0.3) is 0 Å². The number of nitrogens with one attached hydrogen (secondary N) is 1. The van der Waals surface area contributed by atoms with Gasteiger partial charge in [-0.1, -0.05) is 6.92 Å². The van der Waals surface area contributed by atoms with Gasteiger partial charge in [-0.15, -0.1) is 0 Å². The molecule has 0 aliphatic rings. The summed E-state index contributed by atoms with van der Waals surface area (Å²) >= 11 is 0. The number of methoxy groups -OCH3 is 1. The standard InChI is InChI=1S/C10H12FNO2/c1-3-10(13)12-9-5-4-7(14-2)6-8(9)11/h4-6H,3H2,1-2H3,(H,12,13). The Balaban J connectivity index is 2.83. The summed E-state index contributed by atoms with van der Waals surface area (Å²) in [5.41, 5.74) is 0.178. The number of anilines is 1. The average molecular weight is 197 g/mol. The van der Waals surface area contributed by atoms with Crippen LogP contribution in [0.3, 0.4) is 0 Å². The summed E-state index contributed by atoms with van der Waals surface area (Å²) in [6.07, 6.45) is 0.325.